The summed E-state index contributed by atoms with van der Waals surface area (Å²) in [5.41, 5.74) is 1.26. The zero-order chi connectivity index (χ0) is 18.7. The summed E-state index contributed by atoms with van der Waals surface area (Å²) in [4.78, 5) is 31.1. The molecule has 1 fully saturated rings. The van der Waals surface area contributed by atoms with Gasteiger partial charge in [-0.3, -0.25) is 9.59 Å². The number of amides is 2. The predicted octanol–water partition coefficient (Wildman–Crippen LogP) is 3.35. The number of aromatic hydroxyl groups is 1. The van der Waals surface area contributed by atoms with Crippen LogP contribution in [-0.4, -0.2) is 39.9 Å². The van der Waals surface area contributed by atoms with E-state index in [-0.39, 0.29) is 29.0 Å². The van der Waals surface area contributed by atoms with Gasteiger partial charge in [0, 0.05) is 23.8 Å². The number of nitrogens with one attached hydrogen (secondary N) is 1. The van der Waals surface area contributed by atoms with Crippen LogP contribution in [0.4, 0.5) is 5.82 Å². The normalized spacial score (nSPS) is 17.0. The van der Waals surface area contributed by atoms with E-state index in [9.17, 15) is 14.7 Å². The van der Waals surface area contributed by atoms with Crippen LogP contribution in [0, 0.1) is 12.8 Å². The molecule has 1 aromatic heterocycles. The van der Waals surface area contributed by atoms with E-state index < -0.39 is 0 Å². The Morgan fingerprint density at radius 3 is 2.85 bits per heavy atom. The van der Waals surface area contributed by atoms with Gasteiger partial charge in [-0.15, -0.1) is 0 Å². The summed E-state index contributed by atoms with van der Waals surface area (Å²) in [6, 6.07) is 8.40. The Balaban J connectivity index is 1.68. The summed E-state index contributed by atoms with van der Waals surface area (Å²) in [5.74, 6) is -0.264. The van der Waals surface area contributed by atoms with Gasteiger partial charge in [-0.25, -0.2) is 4.98 Å². The Labute approximate surface area is 160 Å². The van der Waals surface area contributed by atoms with E-state index in [1.54, 1.807) is 29.3 Å². The van der Waals surface area contributed by atoms with Crippen LogP contribution in [0.5, 0.6) is 5.75 Å². The predicted molar refractivity (Wildman–Crippen MR) is 102 cm³/mol. The Morgan fingerprint density at radius 1 is 1.31 bits per heavy atom. The average Bonchev–Trinajstić information content (AvgIpc) is 2.65. The Hall–Kier alpha value is -2.41. The molecule has 136 valence electrons. The maximum Gasteiger partial charge on any atom is 0.257 e. The number of pyridine rings is 1. The summed E-state index contributed by atoms with van der Waals surface area (Å²) >= 11 is 3.31. The van der Waals surface area contributed by atoms with Crippen molar-refractivity contribution in [2.24, 2.45) is 5.92 Å². The molecule has 0 radical (unpaired) electrons. The monoisotopic (exact) mass is 417 g/mol. The van der Waals surface area contributed by atoms with Crippen LogP contribution in [0.25, 0.3) is 0 Å². The van der Waals surface area contributed by atoms with Crippen LogP contribution in [0.3, 0.4) is 0 Å². The number of hydrogen-bond donors (Lipinski definition) is 2. The van der Waals surface area contributed by atoms with Crippen LogP contribution in [0.1, 0.15) is 28.8 Å². The van der Waals surface area contributed by atoms with Crippen molar-refractivity contribution >= 4 is 33.6 Å². The number of hydrogen-bond acceptors (Lipinski definition) is 4. The molecule has 1 atom stereocenters. The van der Waals surface area contributed by atoms with Gasteiger partial charge < -0.3 is 15.3 Å². The molecule has 2 amide bonds. The smallest absolute Gasteiger partial charge is 0.257 e. The fraction of sp³-hybridized carbons (Fsp3) is 0.316. The first-order valence-corrected chi connectivity index (χ1v) is 9.24. The van der Waals surface area contributed by atoms with Crippen molar-refractivity contribution in [3.63, 3.8) is 0 Å². The molecule has 0 saturated carbocycles. The number of carbonyl (C=O) groups is 2. The highest BCUT2D eigenvalue weighted by molar-refractivity contribution is 9.10. The van der Waals surface area contributed by atoms with E-state index >= 15 is 0 Å². The zero-order valence-electron chi connectivity index (χ0n) is 14.4. The lowest BCUT2D eigenvalue weighted by Crippen LogP contribution is -2.43. The van der Waals surface area contributed by atoms with E-state index in [4.69, 9.17) is 0 Å². The molecular formula is C19H20BrN3O3. The van der Waals surface area contributed by atoms with Gasteiger partial charge in [-0.1, -0.05) is 22.0 Å². The fourth-order valence-corrected chi connectivity index (χ4v) is 3.36. The maximum absolute atomic E-state index is 12.7. The molecule has 1 saturated heterocycles. The molecular weight excluding hydrogens is 398 g/mol. The minimum atomic E-state index is -0.301. The summed E-state index contributed by atoms with van der Waals surface area (Å²) < 4.78 is 0.718. The Bertz CT molecular complexity index is 823. The number of phenolic OH excluding ortho intramolecular Hbond substituents is 1. The standard InChI is InChI=1S/C19H20BrN3O3/c1-12-4-7-17(21-10-12)22-18(25)13-3-2-8-23(11-13)19(26)15-9-14(20)5-6-16(15)24/h4-7,9-10,13,24H,2-3,8,11H2,1H3,(H,21,22,25). The van der Waals surface area contributed by atoms with Crippen LogP contribution in [0.15, 0.2) is 41.0 Å². The molecule has 0 aliphatic carbocycles. The van der Waals surface area contributed by atoms with Crippen molar-refractivity contribution in [2.45, 2.75) is 19.8 Å². The third kappa shape index (κ3) is 4.22. The van der Waals surface area contributed by atoms with Gasteiger partial charge in [0.05, 0.1) is 11.5 Å². The molecule has 1 unspecified atom stereocenters. The third-order valence-corrected chi connectivity index (χ3v) is 4.92. The van der Waals surface area contributed by atoms with E-state index in [1.807, 2.05) is 13.0 Å². The topological polar surface area (TPSA) is 82.5 Å². The number of piperidine rings is 1. The molecule has 6 nitrogen and oxygen atoms in total. The van der Waals surface area contributed by atoms with Gasteiger partial charge in [-0.05, 0) is 49.6 Å². The molecule has 1 aliphatic rings. The first kappa shape index (κ1) is 18.4. The van der Waals surface area contributed by atoms with Gasteiger partial charge in [0.15, 0.2) is 0 Å². The molecule has 26 heavy (non-hydrogen) atoms. The first-order chi connectivity index (χ1) is 12.4. The van der Waals surface area contributed by atoms with Crippen LogP contribution in [-0.2, 0) is 4.79 Å². The highest BCUT2D eigenvalue weighted by Gasteiger charge is 2.30. The van der Waals surface area contributed by atoms with Crippen LogP contribution in [0.2, 0.25) is 0 Å². The average molecular weight is 418 g/mol. The van der Waals surface area contributed by atoms with E-state index in [1.165, 1.54) is 6.07 Å². The molecule has 2 aromatic rings. The van der Waals surface area contributed by atoms with Gasteiger partial charge in [0.25, 0.3) is 5.91 Å². The first-order valence-electron chi connectivity index (χ1n) is 8.45. The second-order valence-corrected chi connectivity index (χ2v) is 7.38. The van der Waals surface area contributed by atoms with Crippen molar-refractivity contribution in [3.8, 4) is 5.75 Å². The maximum atomic E-state index is 12.7. The SMILES string of the molecule is Cc1ccc(NC(=O)C2CCCN(C(=O)c3cc(Br)ccc3O)C2)nc1. The molecule has 0 spiro atoms. The summed E-state index contributed by atoms with van der Waals surface area (Å²) in [6.45, 7) is 2.82. The molecule has 2 heterocycles. The number of carbonyl (C=O) groups excluding carboxylic acids is 2. The second-order valence-electron chi connectivity index (χ2n) is 6.46. The number of aromatic nitrogens is 1. The number of benzene rings is 1. The largest absolute Gasteiger partial charge is 0.507 e. The summed E-state index contributed by atoms with van der Waals surface area (Å²) in [6.07, 6.45) is 3.15. The third-order valence-electron chi connectivity index (χ3n) is 4.43. The van der Waals surface area contributed by atoms with Gasteiger partial charge in [0.1, 0.15) is 11.6 Å². The van der Waals surface area contributed by atoms with Crippen LogP contribution < -0.4 is 5.32 Å². The Morgan fingerprint density at radius 2 is 2.12 bits per heavy atom. The van der Waals surface area contributed by atoms with Crippen molar-refractivity contribution in [3.05, 3.63) is 52.1 Å². The van der Waals surface area contributed by atoms with Crippen molar-refractivity contribution in [1.82, 2.24) is 9.88 Å². The fourth-order valence-electron chi connectivity index (χ4n) is 3.00. The van der Waals surface area contributed by atoms with E-state index in [0.29, 0.717) is 25.3 Å². The number of anilines is 1. The molecule has 1 aliphatic heterocycles. The second kappa shape index (κ2) is 7.86. The lowest BCUT2D eigenvalue weighted by molar-refractivity contribution is -0.121. The highest BCUT2D eigenvalue weighted by Crippen LogP contribution is 2.26. The molecule has 0 bridgehead atoms. The molecule has 1 aromatic carbocycles. The summed E-state index contributed by atoms with van der Waals surface area (Å²) in [5, 5.41) is 12.8. The minimum absolute atomic E-state index is 0.0615. The minimum Gasteiger partial charge on any atom is -0.507 e. The number of likely N-dealkylation sites (tertiary alicyclic amines) is 1. The molecule has 2 N–H and O–H groups in total. The van der Waals surface area contributed by atoms with Crippen molar-refractivity contribution in [2.75, 3.05) is 18.4 Å². The van der Waals surface area contributed by atoms with Crippen LogP contribution >= 0.6 is 15.9 Å². The van der Waals surface area contributed by atoms with E-state index in [0.717, 1.165) is 16.5 Å². The van der Waals surface area contributed by atoms with Gasteiger partial charge >= 0.3 is 0 Å². The number of halogens is 1. The highest BCUT2D eigenvalue weighted by atomic mass is 79.9. The number of nitrogens with zero attached hydrogens (tertiary/aromatic N) is 2. The quantitative estimate of drug-likeness (QED) is 0.801. The molecule has 3 rings (SSSR count). The van der Waals surface area contributed by atoms with Gasteiger partial charge in [0.2, 0.25) is 5.91 Å². The number of rotatable bonds is 3. The zero-order valence-corrected chi connectivity index (χ0v) is 16.0. The van der Waals surface area contributed by atoms with E-state index in [2.05, 4.69) is 26.2 Å². The number of phenols is 1. The molecule has 7 heteroatoms. The Kier molecular flexibility index (Phi) is 5.56. The van der Waals surface area contributed by atoms with Crippen molar-refractivity contribution in [1.29, 1.82) is 0 Å². The van der Waals surface area contributed by atoms with Crippen molar-refractivity contribution < 1.29 is 14.7 Å². The summed E-state index contributed by atoms with van der Waals surface area (Å²) in [7, 11) is 0. The lowest BCUT2D eigenvalue weighted by Gasteiger charge is -2.32. The number of aryl methyl sites for hydroxylation is 1. The lowest BCUT2D eigenvalue weighted by atomic mass is 9.96. The van der Waals surface area contributed by atoms with Gasteiger partial charge in [-0.2, -0.15) is 0 Å².